The first-order valence-electron chi connectivity index (χ1n) is 9.33. The van der Waals surface area contributed by atoms with Gasteiger partial charge in [0.25, 0.3) is 0 Å². The molecule has 26 heavy (non-hydrogen) atoms. The highest BCUT2D eigenvalue weighted by Gasteiger charge is 2.26. The lowest BCUT2D eigenvalue weighted by atomic mass is 9.94. The molecular weight excluding hydrogens is 324 g/mol. The molecule has 1 atom stereocenters. The summed E-state index contributed by atoms with van der Waals surface area (Å²) in [4.78, 5) is 15.0. The van der Waals surface area contributed by atoms with E-state index in [-0.39, 0.29) is 17.9 Å². The third-order valence-corrected chi connectivity index (χ3v) is 5.24. The summed E-state index contributed by atoms with van der Waals surface area (Å²) < 4.78 is 5.19. The van der Waals surface area contributed by atoms with E-state index in [1.54, 1.807) is 7.11 Å². The van der Waals surface area contributed by atoms with Crippen LogP contribution in [0.4, 0.5) is 5.69 Å². The van der Waals surface area contributed by atoms with Crippen molar-refractivity contribution in [1.29, 1.82) is 0 Å². The molecule has 2 aromatic carbocycles. The van der Waals surface area contributed by atoms with Crippen molar-refractivity contribution in [2.75, 3.05) is 25.1 Å². The number of ether oxygens (including phenoxy) is 1. The summed E-state index contributed by atoms with van der Waals surface area (Å²) in [5.74, 6) is 1.09. The summed E-state index contributed by atoms with van der Waals surface area (Å²) in [5, 5.41) is 3.17. The minimum atomic E-state index is 0.00327. The molecule has 1 amide bonds. The molecule has 0 aliphatic carbocycles. The summed E-state index contributed by atoms with van der Waals surface area (Å²) in [6, 6.07) is 16.5. The zero-order chi connectivity index (χ0) is 18.5. The van der Waals surface area contributed by atoms with E-state index in [0.717, 1.165) is 37.2 Å². The van der Waals surface area contributed by atoms with Gasteiger partial charge in [0.2, 0.25) is 5.91 Å². The number of rotatable bonds is 5. The van der Waals surface area contributed by atoms with Gasteiger partial charge in [-0.05, 0) is 56.5 Å². The third kappa shape index (κ3) is 4.37. The molecule has 0 spiro atoms. The van der Waals surface area contributed by atoms with E-state index in [1.807, 2.05) is 31.2 Å². The molecule has 0 radical (unpaired) electrons. The zero-order valence-corrected chi connectivity index (χ0v) is 15.9. The molecule has 1 fully saturated rings. The molecule has 1 heterocycles. The smallest absolute Gasteiger partial charge is 0.223 e. The van der Waals surface area contributed by atoms with Crippen LogP contribution in [0, 0.1) is 12.8 Å². The Morgan fingerprint density at radius 1 is 1.08 bits per heavy atom. The Labute approximate surface area is 156 Å². The number of nitrogens with zero attached hydrogens (tertiary/aromatic N) is 1. The maximum Gasteiger partial charge on any atom is 0.223 e. The van der Waals surface area contributed by atoms with Crippen LogP contribution in [-0.2, 0) is 4.79 Å². The Morgan fingerprint density at radius 3 is 2.27 bits per heavy atom. The molecule has 1 aliphatic rings. The first-order valence-corrected chi connectivity index (χ1v) is 9.33. The van der Waals surface area contributed by atoms with Gasteiger partial charge in [-0.1, -0.05) is 29.8 Å². The second-order valence-corrected chi connectivity index (χ2v) is 7.10. The number of carbonyl (C=O) groups excluding carboxylic acids is 1. The molecule has 0 bridgehead atoms. The Bertz CT molecular complexity index is 717. The van der Waals surface area contributed by atoms with E-state index < -0.39 is 0 Å². The van der Waals surface area contributed by atoms with Crippen molar-refractivity contribution in [2.45, 2.75) is 32.7 Å². The van der Waals surface area contributed by atoms with E-state index in [2.05, 4.69) is 41.4 Å². The maximum absolute atomic E-state index is 12.6. The summed E-state index contributed by atoms with van der Waals surface area (Å²) in [6.07, 6.45) is 1.80. The van der Waals surface area contributed by atoms with Gasteiger partial charge < -0.3 is 15.0 Å². The number of anilines is 1. The minimum absolute atomic E-state index is 0.00327. The molecule has 1 unspecified atom stereocenters. The molecule has 3 rings (SSSR count). The molecule has 4 nitrogen and oxygen atoms in total. The number of carbonyl (C=O) groups is 1. The van der Waals surface area contributed by atoms with Gasteiger partial charge in [-0.25, -0.2) is 0 Å². The van der Waals surface area contributed by atoms with Crippen LogP contribution < -0.4 is 15.0 Å². The fourth-order valence-electron chi connectivity index (χ4n) is 3.46. The normalized spacial score (nSPS) is 16.2. The summed E-state index contributed by atoms with van der Waals surface area (Å²) in [7, 11) is 1.66. The second-order valence-electron chi connectivity index (χ2n) is 7.10. The lowest BCUT2D eigenvalue weighted by Gasteiger charge is -2.33. The first-order chi connectivity index (χ1) is 12.6. The number of methoxy groups -OCH3 is 1. The van der Waals surface area contributed by atoms with Crippen molar-refractivity contribution >= 4 is 11.6 Å². The van der Waals surface area contributed by atoms with Gasteiger partial charge in [-0.3, -0.25) is 4.79 Å². The lowest BCUT2D eigenvalue weighted by molar-refractivity contribution is -0.126. The molecule has 4 heteroatoms. The van der Waals surface area contributed by atoms with Crippen LogP contribution in [0.1, 0.15) is 36.9 Å². The van der Waals surface area contributed by atoms with Crippen molar-refractivity contribution in [3.8, 4) is 5.75 Å². The predicted molar refractivity (Wildman–Crippen MR) is 106 cm³/mol. The van der Waals surface area contributed by atoms with E-state index in [0.29, 0.717) is 0 Å². The monoisotopic (exact) mass is 352 g/mol. The molecule has 138 valence electrons. The minimum Gasteiger partial charge on any atom is -0.497 e. The maximum atomic E-state index is 12.6. The van der Waals surface area contributed by atoms with Gasteiger partial charge in [0.15, 0.2) is 0 Å². The number of amides is 1. The topological polar surface area (TPSA) is 41.6 Å². The molecule has 0 aromatic heterocycles. The van der Waals surface area contributed by atoms with Crippen LogP contribution >= 0.6 is 0 Å². The molecule has 2 aromatic rings. The van der Waals surface area contributed by atoms with Crippen LogP contribution in [0.15, 0.2) is 48.5 Å². The van der Waals surface area contributed by atoms with Crippen molar-refractivity contribution in [3.05, 3.63) is 59.7 Å². The Morgan fingerprint density at radius 2 is 1.69 bits per heavy atom. The zero-order valence-electron chi connectivity index (χ0n) is 15.9. The number of hydrogen-bond acceptors (Lipinski definition) is 3. The second kappa shape index (κ2) is 8.26. The third-order valence-electron chi connectivity index (χ3n) is 5.24. The highest BCUT2D eigenvalue weighted by Crippen LogP contribution is 2.25. The lowest BCUT2D eigenvalue weighted by Crippen LogP contribution is -2.41. The molecule has 1 N–H and O–H groups in total. The van der Waals surface area contributed by atoms with Crippen LogP contribution in [0.3, 0.4) is 0 Å². The molecule has 0 saturated carbocycles. The van der Waals surface area contributed by atoms with Gasteiger partial charge >= 0.3 is 0 Å². The van der Waals surface area contributed by atoms with Crippen molar-refractivity contribution < 1.29 is 9.53 Å². The SMILES string of the molecule is COc1ccc(C(C)NC(=O)C2CCN(c3ccc(C)cc3)CC2)cc1. The quantitative estimate of drug-likeness (QED) is 0.881. The van der Waals surface area contributed by atoms with Crippen LogP contribution in [-0.4, -0.2) is 26.1 Å². The number of aryl methyl sites for hydroxylation is 1. The van der Waals surface area contributed by atoms with E-state index in [4.69, 9.17) is 4.74 Å². The average molecular weight is 352 g/mol. The highest BCUT2D eigenvalue weighted by molar-refractivity contribution is 5.79. The number of nitrogens with one attached hydrogen (secondary N) is 1. The first kappa shape index (κ1) is 18.3. The van der Waals surface area contributed by atoms with E-state index >= 15 is 0 Å². The Kier molecular flexibility index (Phi) is 5.82. The Balaban J connectivity index is 1.52. The molecular formula is C22H28N2O2. The van der Waals surface area contributed by atoms with Crippen LogP contribution in [0.5, 0.6) is 5.75 Å². The van der Waals surface area contributed by atoms with Crippen LogP contribution in [0.25, 0.3) is 0 Å². The largest absolute Gasteiger partial charge is 0.497 e. The Hall–Kier alpha value is -2.49. The van der Waals surface area contributed by atoms with Crippen molar-refractivity contribution in [2.24, 2.45) is 5.92 Å². The van der Waals surface area contributed by atoms with Gasteiger partial charge in [-0.15, -0.1) is 0 Å². The number of piperidine rings is 1. The van der Waals surface area contributed by atoms with E-state index in [9.17, 15) is 4.79 Å². The standard InChI is InChI=1S/C22H28N2O2/c1-16-4-8-20(9-5-16)24-14-12-19(13-15-24)22(25)23-17(2)18-6-10-21(26-3)11-7-18/h4-11,17,19H,12-15H2,1-3H3,(H,23,25). The van der Waals surface area contributed by atoms with Crippen LogP contribution in [0.2, 0.25) is 0 Å². The summed E-state index contributed by atoms with van der Waals surface area (Å²) in [5.41, 5.74) is 3.62. The van der Waals surface area contributed by atoms with Gasteiger partial charge in [0.1, 0.15) is 5.75 Å². The number of benzene rings is 2. The fourth-order valence-corrected chi connectivity index (χ4v) is 3.46. The van der Waals surface area contributed by atoms with Gasteiger partial charge in [-0.2, -0.15) is 0 Å². The van der Waals surface area contributed by atoms with Gasteiger partial charge in [0, 0.05) is 24.7 Å². The summed E-state index contributed by atoms with van der Waals surface area (Å²) in [6.45, 7) is 5.99. The number of hydrogen-bond donors (Lipinski definition) is 1. The van der Waals surface area contributed by atoms with E-state index in [1.165, 1.54) is 11.3 Å². The predicted octanol–water partition coefficient (Wildman–Crippen LogP) is 4.10. The summed E-state index contributed by atoms with van der Waals surface area (Å²) >= 11 is 0. The van der Waals surface area contributed by atoms with Crippen molar-refractivity contribution in [3.63, 3.8) is 0 Å². The highest BCUT2D eigenvalue weighted by atomic mass is 16.5. The average Bonchev–Trinajstić information content (AvgIpc) is 2.68. The molecule has 1 aliphatic heterocycles. The molecule has 1 saturated heterocycles. The van der Waals surface area contributed by atoms with Crippen molar-refractivity contribution in [1.82, 2.24) is 5.32 Å². The van der Waals surface area contributed by atoms with Gasteiger partial charge in [0.05, 0.1) is 13.2 Å². The fraction of sp³-hybridized carbons (Fsp3) is 0.409.